The smallest absolute Gasteiger partial charge is 0.319 e. The number of anilines is 2. The SMILES string of the molecule is O=C1CN(c2ccc(NC(=O)NCc3ccccn3)cc2Cl)CCN1. The van der Waals surface area contributed by atoms with Gasteiger partial charge in [0, 0.05) is 25.0 Å². The lowest BCUT2D eigenvalue weighted by atomic mass is 10.2. The van der Waals surface area contributed by atoms with E-state index < -0.39 is 0 Å². The molecule has 1 aliphatic heterocycles. The van der Waals surface area contributed by atoms with Gasteiger partial charge in [-0.05, 0) is 30.3 Å². The standard InChI is InChI=1S/C17H18ClN5O2/c18-14-9-12(4-5-15(14)23-8-7-20-16(24)11-23)22-17(25)21-10-13-3-1-2-6-19-13/h1-6,9H,7-8,10-11H2,(H,20,24)(H2,21,22,25). The van der Waals surface area contributed by atoms with Gasteiger partial charge in [-0.2, -0.15) is 0 Å². The van der Waals surface area contributed by atoms with E-state index in [1.165, 1.54) is 0 Å². The third kappa shape index (κ3) is 4.60. The fourth-order valence-electron chi connectivity index (χ4n) is 2.53. The predicted octanol–water partition coefficient (Wildman–Crippen LogP) is 1.99. The van der Waals surface area contributed by atoms with Gasteiger partial charge < -0.3 is 20.9 Å². The van der Waals surface area contributed by atoms with Crippen LogP contribution >= 0.6 is 11.6 Å². The van der Waals surface area contributed by atoms with E-state index in [4.69, 9.17) is 11.6 Å². The van der Waals surface area contributed by atoms with Crippen molar-refractivity contribution < 1.29 is 9.59 Å². The van der Waals surface area contributed by atoms with Crippen molar-refractivity contribution in [2.24, 2.45) is 0 Å². The Bertz CT molecular complexity index is 769. The van der Waals surface area contributed by atoms with Gasteiger partial charge in [-0.25, -0.2) is 4.79 Å². The third-order valence-corrected chi connectivity index (χ3v) is 4.04. The summed E-state index contributed by atoms with van der Waals surface area (Å²) in [5.41, 5.74) is 2.12. The highest BCUT2D eigenvalue weighted by Crippen LogP contribution is 2.29. The monoisotopic (exact) mass is 359 g/mol. The first-order chi connectivity index (χ1) is 12.1. The Hall–Kier alpha value is -2.80. The Kier molecular flexibility index (Phi) is 5.35. The second-order valence-electron chi connectivity index (χ2n) is 5.57. The molecule has 1 aliphatic rings. The van der Waals surface area contributed by atoms with Crippen LogP contribution in [0.25, 0.3) is 0 Å². The summed E-state index contributed by atoms with van der Waals surface area (Å²) in [6.45, 7) is 1.90. The first-order valence-corrected chi connectivity index (χ1v) is 8.25. The summed E-state index contributed by atoms with van der Waals surface area (Å²) < 4.78 is 0. The molecule has 0 unspecified atom stereocenters. The van der Waals surface area contributed by atoms with E-state index >= 15 is 0 Å². The number of urea groups is 1. The van der Waals surface area contributed by atoms with Crippen LogP contribution in [0.5, 0.6) is 0 Å². The zero-order valence-electron chi connectivity index (χ0n) is 13.5. The summed E-state index contributed by atoms with van der Waals surface area (Å²) >= 11 is 6.31. The third-order valence-electron chi connectivity index (χ3n) is 3.74. The van der Waals surface area contributed by atoms with Crippen LogP contribution in [0.15, 0.2) is 42.6 Å². The summed E-state index contributed by atoms with van der Waals surface area (Å²) in [5, 5.41) is 8.72. The van der Waals surface area contributed by atoms with Crippen molar-refractivity contribution in [1.82, 2.24) is 15.6 Å². The molecule has 3 N–H and O–H groups in total. The molecule has 25 heavy (non-hydrogen) atoms. The fourth-order valence-corrected chi connectivity index (χ4v) is 2.83. The molecule has 0 spiro atoms. The fraction of sp³-hybridized carbons (Fsp3) is 0.235. The van der Waals surface area contributed by atoms with E-state index in [0.29, 0.717) is 30.3 Å². The molecule has 0 radical (unpaired) electrons. The maximum atomic E-state index is 12.0. The Morgan fingerprint density at radius 2 is 2.20 bits per heavy atom. The molecular weight excluding hydrogens is 342 g/mol. The normalized spacial score (nSPS) is 14.0. The van der Waals surface area contributed by atoms with Crippen LogP contribution in [0.3, 0.4) is 0 Å². The highest BCUT2D eigenvalue weighted by Gasteiger charge is 2.18. The first kappa shape index (κ1) is 17.0. The summed E-state index contributed by atoms with van der Waals surface area (Å²) in [4.78, 5) is 29.5. The van der Waals surface area contributed by atoms with Crippen molar-refractivity contribution in [1.29, 1.82) is 0 Å². The lowest BCUT2D eigenvalue weighted by Gasteiger charge is -2.29. The molecule has 0 saturated carbocycles. The average Bonchev–Trinajstić information content (AvgIpc) is 2.61. The van der Waals surface area contributed by atoms with E-state index in [2.05, 4.69) is 20.9 Å². The van der Waals surface area contributed by atoms with E-state index in [1.54, 1.807) is 24.4 Å². The zero-order valence-corrected chi connectivity index (χ0v) is 14.2. The van der Waals surface area contributed by atoms with Crippen LogP contribution in [0.4, 0.5) is 16.2 Å². The maximum Gasteiger partial charge on any atom is 0.319 e. The second kappa shape index (κ2) is 7.85. The van der Waals surface area contributed by atoms with Crippen LogP contribution in [0.2, 0.25) is 5.02 Å². The molecule has 130 valence electrons. The number of nitrogens with one attached hydrogen (secondary N) is 3. The van der Waals surface area contributed by atoms with Gasteiger partial charge in [0.05, 0.1) is 29.5 Å². The van der Waals surface area contributed by atoms with E-state index in [0.717, 1.165) is 11.4 Å². The van der Waals surface area contributed by atoms with Crippen molar-refractivity contribution in [3.63, 3.8) is 0 Å². The number of aromatic nitrogens is 1. The lowest BCUT2D eigenvalue weighted by molar-refractivity contribution is -0.120. The second-order valence-corrected chi connectivity index (χ2v) is 5.97. The quantitative estimate of drug-likeness (QED) is 0.779. The molecule has 1 aromatic heterocycles. The molecule has 0 bridgehead atoms. The Labute approximate surface area is 150 Å². The highest BCUT2D eigenvalue weighted by molar-refractivity contribution is 6.33. The topological polar surface area (TPSA) is 86.4 Å². The molecule has 1 saturated heterocycles. The predicted molar refractivity (Wildman–Crippen MR) is 96.8 cm³/mol. The number of nitrogens with zero attached hydrogens (tertiary/aromatic N) is 2. The van der Waals surface area contributed by atoms with Gasteiger partial charge in [-0.1, -0.05) is 17.7 Å². The largest absolute Gasteiger partial charge is 0.359 e. The molecule has 0 aliphatic carbocycles. The van der Waals surface area contributed by atoms with Gasteiger partial charge in [0.2, 0.25) is 5.91 Å². The minimum atomic E-state index is -0.341. The molecule has 8 heteroatoms. The number of hydrogen-bond donors (Lipinski definition) is 3. The lowest BCUT2D eigenvalue weighted by Crippen LogP contribution is -2.47. The van der Waals surface area contributed by atoms with Crippen LogP contribution < -0.4 is 20.9 Å². The summed E-state index contributed by atoms with van der Waals surface area (Å²) in [6, 6.07) is 10.4. The molecule has 7 nitrogen and oxygen atoms in total. The van der Waals surface area contributed by atoms with Crippen molar-refractivity contribution in [3.05, 3.63) is 53.3 Å². The molecule has 0 atom stereocenters. The van der Waals surface area contributed by atoms with Crippen molar-refractivity contribution in [2.45, 2.75) is 6.54 Å². The molecular formula is C17H18ClN5O2. The minimum absolute atomic E-state index is 0.0292. The Morgan fingerprint density at radius 3 is 2.92 bits per heavy atom. The number of carbonyl (C=O) groups is 2. The first-order valence-electron chi connectivity index (χ1n) is 7.88. The number of hydrogen-bond acceptors (Lipinski definition) is 4. The molecule has 2 aromatic rings. The number of benzene rings is 1. The van der Waals surface area contributed by atoms with Crippen molar-refractivity contribution >= 4 is 34.9 Å². The van der Waals surface area contributed by atoms with E-state index in [1.807, 2.05) is 23.1 Å². The number of carbonyl (C=O) groups excluding carboxylic acids is 2. The van der Waals surface area contributed by atoms with Gasteiger partial charge >= 0.3 is 6.03 Å². The van der Waals surface area contributed by atoms with Gasteiger partial charge in [0.25, 0.3) is 0 Å². The van der Waals surface area contributed by atoms with Gasteiger partial charge in [-0.3, -0.25) is 9.78 Å². The molecule has 1 aromatic carbocycles. The van der Waals surface area contributed by atoms with Gasteiger partial charge in [0.15, 0.2) is 0 Å². The molecule has 1 fully saturated rings. The molecule has 2 heterocycles. The van der Waals surface area contributed by atoms with Gasteiger partial charge in [-0.15, -0.1) is 0 Å². The number of amides is 3. The van der Waals surface area contributed by atoms with Crippen LogP contribution in [0, 0.1) is 0 Å². The maximum absolute atomic E-state index is 12.0. The van der Waals surface area contributed by atoms with Crippen LogP contribution in [-0.2, 0) is 11.3 Å². The van der Waals surface area contributed by atoms with E-state index in [9.17, 15) is 9.59 Å². The number of piperazine rings is 1. The van der Waals surface area contributed by atoms with Crippen molar-refractivity contribution in [2.75, 3.05) is 29.9 Å². The molecule has 3 amide bonds. The highest BCUT2D eigenvalue weighted by atomic mass is 35.5. The molecule has 3 rings (SSSR count). The Morgan fingerprint density at radius 1 is 1.32 bits per heavy atom. The van der Waals surface area contributed by atoms with E-state index in [-0.39, 0.29) is 18.5 Å². The average molecular weight is 360 g/mol. The number of rotatable bonds is 4. The van der Waals surface area contributed by atoms with Crippen LogP contribution in [-0.4, -0.2) is 36.6 Å². The summed E-state index contributed by atoms with van der Waals surface area (Å²) in [5.74, 6) is -0.0292. The van der Waals surface area contributed by atoms with Crippen LogP contribution in [0.1, 0.15) is 5.69 Å². The summed E-state index contributed by atoms with van der Waals surface area (Å²) in [6.07, 6.45) is 1.67. The van der Waals surface area contributed by atoms with Gasteiger partial charge in [0.1, 0.15) is 0 Å². The van der Waals surface area contributed by atoms with Crippen molar-refractivity contribution in [3.8, 4) is 0 Å². The Balaban J connectivity index is 1.58. The minimum Gasteiger partial charge on any atom is -0.359 e. The zero-order chi connectivity index (χ0) is 17.6. The summed E-state index contributed by atoms with van der Waals surface area (Å²) in [7, 11) is 0. The number of halogens is 1. The number of pyridine rings is 1.